The van der Waals surface area contributed by atoms with Crippen molar-refractivity contribution in [3.05, 3.63) is 0 Å². The van der Waals surface area contributed by atoms with Gasteiger partial charge in [0.05, 0.1) is 0 Å². The van der Waals surface area contributed by atoms with Crippen LogP contribution in [0.25, 0.3) is 0 Å². The van der Waals surface area contributed by atoms with E-state index in [9.17, 15) is 9.59 Å². The third kappa shape index (κ3) is 3.48. The highest BCUT2D eigenvalue weighted by atomic mass is 16.4. The van der Waals surface area contributed by atoms with E-state index >= 15 is 0 Å². The SMILES string of the molecule is CCC(CN)CC(=O)N(C)C(C)(C)C(=O)O. The molecule has 94 valence electrons. The molecule has 0 heterocycles. The second-order valence-corrected chi connectivity index (χ2v) is 4.53. The lowest BCUT2D eigenvalue weighted by Gasteiger charge is -2.32. The summed E-state index contributed by atoms with van der Waals surface area (Å²) in [6.07, 6.45) is 1.13. The van der Waals surface area contributed by atoms with Gasteiger partial charge in [-0.05, 0) is 26.3 Å². The Bertz CT molecular complexity index is 260. The normalized spacial score (nSPS) is 13.3. The first kappa shape index (κ1) is 14.9. The topological polar surface area (TPSA) is 83.6 Å². The van der Waals surface area contributed by atoms with Crippen molar-refractivity contribution >= 4 is 11.9 Å². The van der Waals surface area contributed by atoms with Crippen molar-refractivity contribution in [3.63, 3.8) is 0 Å². The van der Waals surface area contributed by atoms with Gasteiger partial charge in [0.15, 0.2) is 0 Å². The smallest absolute Gasteiger partial charge is 0.329 e. The molecule has 0 aliphatic carbocycles. The van der Waals surface area contributed by atoms with Crippen molar-refractivity contribution < 1.29 is 14.7 Å². The molecule has 0 bridgehead atoms. The van der Waals surface area contributed by atoms with Crippen LogP contribution in [0.2, 0.25) is 0 Å². The number of carboxylic acid groups (broad SMARTS) is 1. The largest absolute Gasteiger partial charge is 0.480 e. The van der Waals surface area contributed by atoms with Gasteiger partial charge in [0.25, 0.3) is 0 Å². The van der Waals surface area contributed by atoms with E-state index in [-0.39, 0.29) is 11.8 Å². The molecule has 0 aliphatic rings. The van der Waals surface area contributed by atoms with E-state index in [4.69, 9.17) is 10.8 Å². The van der Waals surface area contributed by atoms with Gasteiger partial charge < -0.3 is 15.7 Å². The number of carbonyl (C=O) groups is 2. The standard InChI is InChI=1S/C11H22N2O3/c1-5-8(7-12)6-9(14)13(4)11(2,3)10(15)16/h8H,5-7,12H2,1-4H3,(H,15,16). The first-order chi connectivity index (χ1) is 7.27. The molecule has 1 atom stereocenters. The summed E-state index contributed by atoms with van der Waals surface area (Å²) in [5.74, 6) is -1.06. The molecule has 0 aromatic carbocycles. The molecule has 1 amide bonds. The summed E-state index contributed by atoms with van der Waals surface area (Å²) < 4.78 is 0. The number of nitrogens with two attached hydrogens (primary N) is 1. The number of rotatable bonds is 6. The van der Waals surface area contributed by atoms with E-state index in [1.807, 2.05) is 6.92 Å². The molecule has 3 N–H and O–H groups in total. The summed E-state index contributed by atoms with van der Waals surface area (Å²) in [5.41, 5.74) is 4.34. The van der Waals surface area contributed by atoms with Crippen molar-refractivity contribution in [3.8, 4) is 0 Å². The van der Waals surface area contributed by atoms with Crippen LogP contribution in [0.5, 0.6) is 0 Å². The number of carbonyl (C=O) groups excluding carboxylic acids is 1. The van der Waals surface area contributed by atoms with E-state index < -0.39 is 11.5 Å². The van der Waals surface area contributed by atoms with E-state index in [0.29, 0.717) is 13.0 Å². The summed E-state index contributed by atoms with van der Waals surface area (Å²) >= 11 is 0. The minimum atomic E-state index is -1.18. The molecule has 0 saturated carbocycles. The van der Waals surface area contributed by atoms with Gasteiger partial charge in [-0.2, -0.15) is 0 Å². The van der Waals surface area contributed by atoms with Crippen LogP contribution in [-0.4, -0.2) is 41.0 Å². The third-order valence-corrected chi connectivity index (χ3v) is 3.11. The zero-order valence-corrected chi connectivity index (χ0v) is 10.5. The summed E-state index contributed by atoms with van der Waals surface area (Å²) in [6.45, 7) is 5.43. The van der Waals surface area contributed by atoms with Crippen LogP contribution in [0.4, 0.5) is 0 Å². The van der Waals surface area contributed by atoms with Gasteiger partial charge in [0.2, 0.25) is 5.91 Å². The van der Waals surface area contributed by atoms with Crippen LogP contribution in [0.15, 0.2) is 0 Å². The average molecular weight is 230 g/mol. The Balaban J connectivity index is 4.56. The minimum absolute atomic E-state index is 0.125. The molecule has 0 rings (SSSR count). The number of aliphatic carboxylic acids is 1. The summed E-state index contributed by atoms with van der Waals surface area (Å²) in [4.78, 5) is 24.1. The molecule has 0 aliphatic heterocycles. The molecule has 5 nitrogen and oxygen atoms in total. The van der Waals surface area contributed by atoms with Crippen molar-refractivity contribution in [1.82, 2.24) is 4.90 Å². The first-order valence-electron chi connectivity index (χ1n) is 5.47. The van der Waals surface area contributed by atoms with Gasteiger partial charge in [-0.3, -0.25) is 4.79 Å². The maximum atomic E-state index is 11.8. The van der Waals surface area contributed by atoms with Crippen LogP contribution in [0.1, 0.15) is 33.6 Å². The highest BCUT2D eigenvalue weighted by Crippen LogP contribution is 2.16. The molecule has 0 aromatic heterocycles. The predicted octanol–water partition coefficient (Wildman–Crippen LogP) is 0.683. The maximum Gasteiger partial charge on any atom is 0.329 e. The Morgan fingerprint density at radius 2 is 1.94 bits per heavy atom. The molecule has 16 heavy (non-hydrogen) atoms. The second-order valence-electron chi connectivity index (χ2n) is 4.53. The van der Waals surface area contributed by atoms with Gasteiger partial charge in [-0.1, -0.05) is 13.3 Å². The van der Waals surface area contributed by atoms with Gasteiger partial charge in [0.1, 0.15) is 5.54 Å². The molecule has 0 radical (unpaired) electrons. The van der Waals surface area contributed by atoms with E-state index in [1.54, 1.807) is 0 Å². The van der Waals surface area contributed by atoms with Crippen molar-refractivity contribution in [2.24, 2.45) is 11.7 Å². The monoisotopic (exact) mass is 230 g/mol. The van der Waals surface area contributed by atoms with Crippen LogP contribution >= 0.6 is 0 Å². The quantitative estimate of drug-likeness (QED) is 0.703. The number of carboxylic acids is 1. The van der Waals surface area contributed by atoms with Crippen LogP contribution in [-0.2, 0) is 9.59 Å². The zero-order valence-electron chi connectivity index (χ0n) is 10.5. The first-order valence-corrected chi connectivity index (χ1v) is 5.47. The molecule has 1 unspecified atom stereocenters. The molecule has 0 saturated heterocycles. The molecule has 0 aromatic rings. The lowest BCUT2D eigenvalue weighted by atomic mass is 9.98. The number of hydrogen-bond donors (Lipinski definition) is 2. The number of amides is 1. The number of likely N-dealkylation sites (N-methyl/N-ethyl adjacent to an activating group) is 1. The maximum absolute atomic E-state index is 11.8. The van der Waals surface area contributed by atoms with Crippen molar-refractivity contribution in [1.29, 1.82) is 0 Å². The fourth-order valence-corrected chi connectivity index (χ4v) is 1.23. The highest BCUT2D eigenvalue weighted by molar-refractivity contribution is 5.86. The number of hydrogen-bond acceptors (Lipinski definition) is 3. The number of nitrogens with zero attached hydrogens (tertiary/aromatic N) is 1. The molecule has 5 heteroatoms. The fraction of sp³-hybridized carbons (Fsp3) is 0.818. The van der Waals surface area contributed by atoms with Gasteiger partial charge in [0, 0.05) is 13.5 Å². The van der Waals surface area contributed by atoms with E-state index in [1.165, 1.54) is 25.8 Å². The molecular formula is C11H22N2O3. The van der Waals surface area contributed by atoms with E-state index in [2.05, 4.69) is 0 Å². The van der Waals surface area contributed by atoms with Crippen LogP contribution in [0.3, 0.4) is 0 Å². The summed E-state index contributed by atoms with van der Waals surface area (Å²) in [6, 6.07) is 0. The Labute approximate surface area is 96.6 Å². The van der Waals surface area contributed by atoms with Gasteiger partial charge in [-0.25, -0.2) is 4.79 Å². The Hall–Kier alpha value is -1.10. The predicted molar refractivity (Wildman–Crippen MR) is 61.9 cm³/mol. The Morgan fingerprint density at radius 1 is 1.44 bits per heavy atom. The highest BCUT2D eigenvalue weighted by Gasteiger charge is 2.35. The average Bonchev–Trinajstić information content (AvgIpc) is 2.23. The van der Waals surface area contributed by atoms with Crippen molar-refractivity contribution in [2.45, 2.75) is 39.2 Å². The van der Waals surface area contributed by atoms with Crippen LogP contribution < -0.4 is 5.73 Å². The minimum Gasteiger partial charge on any atom is -0.480 e. The molecule has 0 fully saturated rings. The lowest BCUT2D eigenvalue weighted by Crippen LogP contribution is -2.51. The zero-order chi connectivity index (χ0) is 12.9. The lowest BCUT2D eigenvalue weighted by molar-refractivity contribution is -0.155. The fourth-order valence-electron chi connectivity index (χ4n) is 1.23. The Morgan fingerprint density at radius 3 is 2.25 bits per heavy atom. The van der Waals surface area contributed by atoms with Crippen molar-refractivity contribution in [2.75, 3.05) is 13.6 Å². The van der Waals surface area contributed by atoms with Gasteiger partial charge in [-0.15, -0.1) is 0 Å². The van der Waals surface area contributed by atoms with Gasteiger partial charge >= 0.3 is 5.97 Å². The molecule has 0 spiro atoms. The summed E-state index contributed by atoms with van der Waals surface area (Å²) in [7, 11) is 1.51. The summed E-state index contributed by atoms with van der Waals surface area (Å²) in [5, 5.41) is 8.99. The van der Waals surface area contributed by atoms with E-state index in [0.717, 1.165) is 6.42 Å². The third-order valence-electron chi connectivity index (χ3n) is 3.11. The second kappa shape index (κ2) is 5.84. The Kier molecular flexibility index (Phi) is 5.44. The van der Waals surface area contributed by atoms with Crippen LogP contribution in [0, 0.1) is 5.92 Å². The molecular weight excluding hydrogens is 208 g/mol.